The fourth-order valence-electron chi connectivity index (χ4n) is 0.850. The van der Waals surface area contributed by atoms with Crippen LogP contribution in [0.2, 0.25) is 0 Å². The van der Waals surface area contributed by atoms with Crippen molar-refractivity contribution in [2.75, 3.05) is 13.1 Å². The van der Waals surface area contributed by atoms with Gasteiger partial charge in [-0.15, -0.1) is 3.63 Å². The Kier molecular flexibility index (Phi) is 6.34. The Labute approximate surface area is 100 Å². The van der Waals surface area contributed by atoms with Crippen LogP contribution >= 0.6 is 0 Å². The molecule has 0 atom stereocenters. The van der Waals surface area contributed by atoms with Crippen molar-refractivity contribution in [3.8, 4) is 0 Å². The summed E-state index contributed by atoms with van der Waals surface area (Å²) in [4.78, 5) is 2.25. The molecule has 17 heavy (non-hydrogen) atoms. The number of likely N-dealkylation sites (N-methyl/N-ethyl adjacent to an activating group) is 1. The Hall–Kier alpha value is -0.940. The second kappa shape index (κ2) is 6.71. The summed E-state index contributed by atoms with van der Waals surface area (Å²) in [6.07, 6.45) is 8.41. The van der Waals surface area contributed by atoms with Gasteiger partial charge in [0.05, 0.1) is 0 Å². The van der Waals surface area contributed by atoms with E-state index in [4.69, 9.17) is 9.11 Å². The first-order chi connectivity index (χ1) is 7.64. The predicted octanol–water partition coefficient (Wildman–Crippen LogP) is 0.000400. The Balaban J connectivity index is 0.000000302. The van der Waals surface area contributed by atoms with Crippen LogP contribution in [0.1, 0.15) is 6.92 Å². The normalized spacial score (nSPS) is 15.4. The van der Waals surface area contributed by atoms with Crippen LogP contribution in [0.15, 0.2) is 24.4 Å². The van der Waals surface area contributed by atoms with Crippen molar-refractivity contribution < 1.29 is 29.6 Å². The van der Waals surface area contributed by atoms with E-state index in [-0.39, 0.29) is 0 Å². The van der Waals surface area contributed by atoms with E-state index in [1.54, 1.807) is 0 Å². The highest BCUT2D eigenvalue weighted by Crippen LogP contribution is 1.95. The third-order valence-corrected chi connectivity index (χ3v) is 2.84. The van der Waals surface area contributed by atoms with Gasteiger partial charge >= 0.3 is 20.8 Å². The van der Waals surface area contributed by atoms with Gasteiger partial charge in [-0.25, -0.2) is 0 Å². The van der Waals surface area contributed by atoms with Gasteiger partial charge in [-0.05, 0) is 19.2 Å². The van der Waals surface area contributed by atoms with E-state index in [1.807, 2.05) is 0 Å². The molecule has 1 rings (SSSR count). The first-order valence-corrected chi connectivity index (χ1v) is 7.10. The first-order valence-electron chi connectivity index (χ1n) is 4.37. The van der Waals surface area contributed by atoms with Crippen LogP contribution in [0, 0.1) is 0 Å². The Morgan fingerprint density at radius 1 is 1.18 bits per heavy atom. The fourth-order valence-corrected chi connectivity index (χ4v) is 1.72. The van der Waals surface area contributed by atoms with Crippen LogP contribution in [0.4, 0.5) is 0 Å². The summed E-state index contributed by atoms with van der Waals surface area (Å²) in [5, 5.41) is 0. The number of allylic oxidation sites excluding steroid dienone is 2. The van der Waals surface area contributed by atoms with Crippen molar-refractivity contribution in [1.82, 2.24) is 4.90 Å². The highest BCUT2D eigenvalue weighted by molar-refractivity contribution is 7.94. The average Bonchev–Trinajstić information content (AvgIpc) is 2.14. The molecule has 0 unspecified atom stereocenters. The number of hydrogen-bond donors (Lipinski definition) is 2. The van der Waals surface area contributed by atoms with Gasteiger partial charge in [-0.3, -0.25) is 9.11 Å². The summed E-state index contributed by atoms with van der Waals surface area (Å²) in [5.74, 6) is 0. The van der Waals surface area contributed by atoms with Crippen LogP contribution < -0.4 is 0 Å². The smallest absolute Gasteiger partial charge is 0.374 e. The summed E-state index contributed by atoms with van der Waals surface area (Å²) < 4.78 is 55.6. The molecule has 1 aliphatic heterocycles. The lowest BCUT2D eigenvalue weighted by atomic mass is 10.3. The molecule has 0 aromatic rings. The van der Waals surface area contributed by atoms with E-state index < -0.39 is 20.8 Å². The molecule has 100 valence electrons. The van der Waals surface area contributed by atoms with Gasteiger partial charge in [0.1, 0.15) is 0 Å². The SMILES string of the molecule is CCN1C=CC=CC1.O=S(=O)(O)OS(=O)(=O)O. The van der Waals surface area contributed by atoms with Gasteiger partial charge in [0.15, 0.2) is 0 Å². The molecule has 8 nitrogen and oxygen atoms in total. The molecular weight excluding hydrogens is 274 g/mol. The molecule has 0 spiro atoms. The quantitative estimate of drug-likeness (QED) is 0.696. The van der Waals surface area contributed by atoms with Crippen molar-refractivity contribution in [3.05, 3.63) is 24.4 Å². The summed E-state index contributed by atoms with van der Waals surface area (Å²) in [7, 11) is -10.2. The molecule has 0 fully saturated rings. The van der Waals surface area contributed by atoms with E-state index in [0.29, 0.717) is 0 Å². The molecule has 2 N–H and O–H groups in total. The molecular formula is C7H13NO7S2. The molecule has 0 bridgehead atoms. The van der Waals surface area contributed by atoms with Crippen molar-refractivity contribution in [3.63, 3.8) is 0 Å². The largest absolute Gasteiger partial charge is 0.413 e. The van der Waals surface area contributed by atoms with Crippen molar-refractivity contribution >= 4 is 20.8 Å². The zero-order valence-corrected chi connectivity index (χ0v) is 10.6. The maximum atomic E-state index is 9.44. The maximum Gasteiger partial charge on any atom is 0.413 e. The van der Waals surface area contributed by atoms with Gasteiger partial charge in [-0.2, -0.15) is 16.8 Å². The lowest BCUT2D eigenvalue weighted by molar-refractivity contribution is 0.344. The topological polar surface area (TPSA) is 121 Å². The predicted molar refractivity (Wildman–Crippen MR) is 59.7 cm³/mol. The zero-order chi connectivity index (χ0) is 13.5. The van der Waals surface area contributed by atoms with Gasteiger partial charge in [0.25, 0.3) is 0 Å². The highest BCUT2D eigenvalue weighted by atomic mass is 32.3. The summed E-state index contributed by atoms with van der Waals surface area (Å²) in [5.41, 5.74) is 0. The van der Waals surface area contributed by atoms with E-state index >= 15 is 0 Å². The highest BCUT2D eigenvalue weighted by Gasteiger charge is 2.15. The van der Waals surface area contributed by atoms with Crippen molar-refractivity contribution in [2.45, 2.75) is 6.92 Å². The minimum absolute atomic E-state index is 1.08. The number of rotatable bonds is 3. The van der Waals surface area contributed by atoms with Crippen molar-refractivity contribution in [1.29, 1.82) is 0 Å². The third kappa shape index (κ3) is 11.3. The van der Waals surface area contributed by atoms with E-state index in [2.05, 4.69) is 39.9 Å². The Bertz CT molecular complexity index is 446. The molecule has 0 amide bonds. The number of nitrogens with zero attached hydrogens (tertiary/aromatic N) is 1. The molecule has 1 aliphatic rings. The average molecular weight is 287 g/mol. The minimum atomic E-state index is -5.12. The third-order valence-electron chi connectivity index (χ3n) is 1.46. The van der Waals surface area contributed by atoms with E-state index in [0.717, 1.165) is 13.1 Å². The molecule has 0 aromatic heterocycles. The molecule has 0 radical (unpaired) electrons. The zero-order valence-electron chi connectivity index (χ0n) is 8.92. The molecule has 1 heterocycles. The fraction of sp³-hybridized carbons (Fsp3) is 0.429. The maximum absolute atomic E-state index is 9.44. The second-order valence-electron chi connectivity index (χ2n) is 2.78. The molecule has 0 saturated carbocycles. The molecule has 0 aliphatic carbocycles. The first kappa shape index (κ1) is 16.1. The van der Waals surface area contributed by atoms with Gasteiger partial charge < -0.3 is 4.90 Å². The van der Waals surface area contributed by atoms with Gasteiger partial charge in [0, 0.05) is 13.1 Å². The van der Waals surface area contributed by atoms with Gasteiger partial charge in [-0.1, -0.05) is 12.2 Å². The van der Waals surface area contributed by atoms with Crippen LogP contribution in [-0.2, 0) is 24.4 Å². The summed E-state index contributed by atoms with van der Waals surface area (Å²) >= 11 is 0. The van der Waals surface area contributed by atoms with Crippen LogP contribution in [0.25, 0.3) is 0 Å². The Morgan fingerprint density at radius 2 is 1.71 bits per heavy atom. The molecule has 0 saturated heterocycles. The van der Waals surface area contributed by atoms with E-state index in [9.17, 15) is 16.8 Å². The summed E-state index contributed by atoms with van der Waals surface area (Å²) in [6, 6.07) is 0. The van der Waals surface area contributed by atoms with Gasteiger partial charge in [0.2, 0.25) is 0 Å². The lowest BCUT2D eigenvalue weighted by Gasteiger charge is -2.16. The number of hydrogen-bond acceptors (Lipinski definition) is 6. The Morgan fingerprint density at radius 3 is 1.88 bits per heavy atom. The standard InChI is InChI=1S/C7H11N.H2O7S2/c1-2-8-6-4-3-5-7-8;1-8(2,3)7-9(4,5)6/h3-6H,2,7H2,1H3;(H,1,2,3)(H,4,5,6). The molecule has 10 heteroatoms. The van der Waals surface area contributed by atoms with Crippen LogP contribution in [0.3, 0.4) is 0 Å². The second-order valence-corrected chi connectivity index (χ2v) is 5.04. The minimum Gasteiger partial charge on any atom is -0.374 e. The molecule has 0 aromatic carbocycles. The van der Waals surface area contributed by atoms with E-state index in [1.165, 1.54) is 0 Å². The van der Waals surface area contributed by atoms with Crippen molar-refractivity contribution in [2.24, 2.45) is 0 Å². The van der Waals surface area contributed by atoms with Crippen LogP contribution in [-0.4, -0.2) is 43.9 Å². The monoisotopic (exact) mass is 287 g/mol. The van der Waals surface area contributed by atoms with Crippen LogP contribution in [0.5, 0.6) is 0 Å². The summed E-state index contributed by atoms with van der Waals surface area (Å²) in [6.45, 7) is 4.34. The lowest BCUT2D eigenvalue weighted by Crippen LogP contribution is -2.17.